The maximum atomic E-state index is 12.1. The van der Waals surface area contributed by atoms with E-state index in [1.165, 1.54) is 0 Å². The average molecular weight is 340 g/mol. The number of nitrogens with one attached hydrogen (secondary N) is 1. The lowest BCUT2D eigenvalue weighted by atomic mass is 10.2. The third-order valence-electron chi connectivity index (χ3n) is 4.52. The van der Waals surface area contributed by atoms with Crippen molar-refractivity contribution in [3.05, 3.63) is 54.1 Å². The van der Waals surface area contributed by atoms with Crippen molar-refractivity contribution < 1.29 is 9.59 Å². The maximum Gasteiger partial charge on any atom is 0.225 e. The van der Waals surface area contributed by atoms with Crippen molar-refractivity contribution in [3.63, 3.8) is 0 Å². The van der Waals surface area contributed by atoms with Crippen LogP contribution in [0, 0.1) is 6.92 Å². The first-order chi connectivity index (χ1) is 12.1. The van der Waals surface area contributed by atoms with Gasteiger partial charge in [-0.3, -0.25) is 9.59 Å². The SMILES string of the molecule is Cc1nccn1CCCC(=O)N[C@H]1CC(=O)N(Cc2ccccc2)C1. The number of carbonyl (C=O) groups excluding carboxylic acids is 2. The van der Waals surface area contributed by atoms with Crippen molar-refractivity contribution >= 4 is 11.8 Å². The van der Waals surface area contributed by atoms with E-state index < -0.39 is 0 Å². The minimum absolute atomic E-state index is 0.0112. The third kappa shape index (κ3) is 4.68. The fourth-order valence-electron chi connectivity index (χ4n) is 3.18. The molecule has 1 aliphatic rings. The van der Waals surface area contributed by atoms with Crippen LogP contribution < -0.4 is 5.32 Å². The molecule has 1 fully saturated rings. The molecule has 6 heteroatoms. The molecule has 0 aliphatic carbocycles. The highest BCUT2D eigenvalue weighted by atomic mass is 16.2. The standard InChI is InChI=1S/C19H24N4O2/c1-15-20-9-11-22(15)10-5-8-18(24)21-17-12-19(25)23(14-17)13-16-6-3-2-4-7-16/h2-4,6-7,9,11,17H,5,8,10,12-14H2,1H3,(H,21,24)/t17-/m0/s1. The summed E-state index contributed by atoms with van der Waals surface area (Å²) < 4.78 is 2.04. The first-order valence-corrected chi connectivity index (χ1v) is 8.70. The Kier molecular flexibility index (Phi) is 5.48. The van der Waals surface area contributed by atoms with Crippen LogP contribution >= 0.6 is 0 Å². The summed E-state index contributed by atoms with van der Waals surface area (Å²) in [5.74, 6) is 1.07. The Morgan fingerprint density at radius 2 is 2.12 bits per heavy atom. The number of benzene rings is 1. The Morgan fingerprint density at radius 3 is 2.84 bits per heavy atom. The molecule has 1 N–H and O–H groups in total. The van der Waals surface area contributed by atoms with Gasteiger partial charge in [-0.1, -0.05) is 30.3 Å². The van der Waals surface area contributed by atoms with E-state index in [1.54, 1.807) is 6.20 Å². The molecule has 1 atom stereocenters. The van der Waals surface area contributed by atoms with Crippen molar-refractivity contribution in [2.24, 2.45) is 0 Å². The summed E-state index contributed by atoms with van der Waals surface area (Å²) in [7, 11) is 0. The van der Waals surface area contributed by atoms with Crippen molar-refractivity contribution in [1.29, 1.82) is 0 Å². The number of rotatable bonds is 7. The van der Waals surface area contributed by atoms with Crippen LogP contribution in [-0.2, 0) is 22.7 Å². The highest BCUT2D eigenvalue weighted by Gasteiger charge is 2.30. The molecule has 0 radical (unpaired) electrons. The molecule has 1 saturated heterocycles. The van der Waals surface area contributed by atoms with Crippen molar-refractivity contribution in [2.45, 2.75) is 45.3 Å². The predicted octanol–water partition coefficient (Wildman–Crippen LogP) is 1.89. The van der Waals surface area contributed by atoms with Gasteiger partial charge in [-0.05, 0) is 18.9 Å². The van der Waals surface area contributed by atoms with E-state index >= 15 is 0 Å². The van der Waals surface area contributed by atoms with E-state index in [2.05, 4.69) is 10.3 Å². The van der Waals surface area contributed by atoms with Gasteiger partial charge >= 0.3 is 0 Å². The quantitative estimate of drug-likeness (QED) is 0.837. The van der Waals surface area contributed by atoms with Crippen molar-refractivity contribution in [1.82, 2.24) is 19.8 Å². The van der Waals surface area contributed by atoms with E-state index in [0.717, 1.165) is 24.4 Å². The van der Waals surface area contributed by atoms with Gasteiger partial charge < -0.3 is 14.8 Å². The Labute approximate surface area is 147 Å². The van der Waals surface area contributed by atoms with Gasteiger partial charge in [-0.2, -0.15) is 0 Å². The lowest BCUT2D eigenvalue weighted by molar-refractivity contribution is -0.128. The molecule has 2 heterocycles. The molecule has 0 unspecified atom stereocenters. The molecule has 2 amide bonds. The number of aromatic nitrogens is 2. The van der Waals surface area contributed by atoms with Gasteiger partial charge in [0.2, 0.25) is 11.8 Å². The molecule has 0 bridgehead atoms. The highest BCUT2D eigenvalue weighted by molar-refractivity contribution is 5.82. The summed E-state index contributed by atoms with van der Waals surface area (Å²) in [6, 6.07) is 9.84. The van der Waals surface area contributed by atoms with E-state index in [9.17, 15) is 9.59 Å². The molecule has 1 aromatic carbocycles. The summed E-state index contributed by atoms with van der Waals surface area (Å²) >= 11 is 0. The number of carbonyl (C=O) groups is 2. The zero-order valence-corrected chi connectivity index (χ0v) is 14.5. The van der Waals surface area contributed by atoms with Crippen LogP contribution in [0.15, 0.2) is 42.7 Å². The second-order valence-electron chi connectivity index (χ2n) is 6.50. The van der Waals surface area contributed by atoms with Crippen molar-refractivity contribution in [2.75, 3.05) is 6.54 Å². The van der Waals surface area contributed by atoms with Gasteiger partial charge in [0.05, 0.1) is 6.04 Å². The number of hydrogen-bond acceptors (Lipinski definition) is 3. The van der Waals surface area contributed by atoms with E-state index in [4.69, 9.17) is 0 Å². The minimum Gasteiger partial charge on any atom is -0.351 e. The van der Waals surface area contributed by atoms with Gasteiger partial charge in [-0.15, -0.1) is 0 Å². The molecule has 2 aromatic rings. The minimum atomic E-state index is -0.0845. The first kappa shape index (κ1) is 17.2. The average Bonchev–Trinajstić information content (AvgIpc) is 3.14. The number of aryl methyl sites for hydroxylation is 2. The summed E-state index contributed by atoms with van der Waals surface area (Å²) in [6.45, 7) is 3.92. The molecule has 132 valence electrons. The van der Waals surface area contributed by atoms with Crippen LogP contribution in [0.4, 0.5) is 0 Å². The Balaban J connectivity index is 1.41. The van der Waals surface area contributed by atoms with E-state index in [0.29, 0.717) is 25.9 Å². The number of amides is 2. The predicted molar refractivity (Wildman–Crippen MR) is 94.6 cm³/mol. The molecule has 6 nitrogen and oxygen atoms in total. The summed E-state index contributed by atoms with van der Waals surface area (Å²) in [5.41, 5.74) is 1.11. The van der Waals surface area contributed by atoms with Crippen LogP contribution in [0.3, 0.4) is 0 Å². The molecular weight excluding hydrogens is 316 g/mol. The number of nitrogens with zero attached hydrogens (tertiary/aromatic N) is 3. The second-order valence-corrected chi connectivity index (χ2v) is 6.50. The van der Waals surface area contributed by atoms with Crippen LogP contribution in [0.25, 0.3) is 0 Å². The number of hydrogen-bond donors (Lipinski definition) is 1. The molecule has 3 rings (SSSR count). The van der Waals surface area contributed by atoms with Crippen LogP contribution in [-0.4, -0.2) is 38.9 Å². The molecule has 0 spiro atoms. The van der Waals surface area contributed by atoms with Crippen LogP contribution in [0.2, 0.25) is 0 Å². The zero-order chi connectivity index (χ0) is 17.6. The number of imidazole rings is 1. The Bertz CT molecular complexity index is 726. The van der Waals surface area contributed by atoms with Gasteiger partial charge in [0.1, 0.15) is 5.82 Å². The zero-order valence-electron chi connectivity index (χ0n) is 14.5. The van der Waals surface area contributed by atoms with Gasteiger partial charge in [0, 0.05) is 44.9 Å². The number of likely N-dealkylation sites (tertiary alicyclic amines) is 1. The molecule has 25 heavy (non-hydrogen) atoms. The fraction of sp³-hybridized carbons (Fsp3) is 0.421. The Hall–Kier alpha value is -2.63. The third-order valence-corrected chi connectivity index (χ3v) is 4.52. The van der Waals surface area contributed by atoms with E-state index in [1.807, 2.05) is 52.9 Å². The van der Waals surface area contributed by atoms with Gasteiger partial charge in [-0.25, -0.2) is 4.98 Å². The smallest absolute Gasteiger partial charge is 0.225 e. The molecular formula is C19H24N4O2. The highest BCUT2D eigenvalue weighted by Crippen LogP contribution is 2.15. The molecule has 0 saturated carbocycles. The monoisotopic (exact) mass is 340 g/mol. The van der Waals surface area contributed by atoms with Crippen LogP contribution in [0.5, 0.6) is 0 Å². The second kappa shape index (κ2) is 7.96. The fourth-order valence-corrected chi connectivity index (χ4v) is 3.18. The van der Waals surface area contributed by atoms with Crippen LogP contribution in [0.1, 0.15) is 30.7 Å². The van der Waals surface area contributed by atoms with Crippen molar-refractivity contribution in [3.8, 4) is 0 Å². The summed E-state index contributed by atoms with van der Waals surface area (Å²) in [5, 5.41) is 2.99. The topological polar surface area (TPSA) is 67.2 Å². The van der Waals surface area contributed by atoms with Gasteiger partial charge in [0.15, 0.2) is 0 Å². The van der Waals surface area contributed by atoms with E-state index in [-0.39, 0.29) is 17.9 Å². The largest absolute Gasteiger partial charge is 0.351 e. The normalized spacial score (nSPS) is 17.1. The molecule has 1 aliphatic heterocycles. The first-order valence-electron chi connectivity index (χ1n) is 8.70. The molecule has 1 aromatic heterocycles. The summed E-state index contributed by atoms with van der Waals surface area (Å²) in [6.07, 6.45) is 5.29. The summed E-state index contributed by atoms with van der Waals surface area (Å²) in [4.78, 5) is 30.2. The maximum absolute atomic E-state index is 12.1. The lowest BCUT2D eigenvalue weighted by Gasteiger charge is -2.17. The Morgan fingerprint density at radius 1 is 1.32 bits per heavy atom. The lowest BCUT2D eigenvalue weighted by Crippen LogP contribution is -2.37. The van der Waals surface area contributed by atoms with Gasteiger partial charge in [0.25, 0.3) is 0 Å².